The molecule has 0 radical (unpaired) electrons. The molecule has 0 heterocycles. The minimum atomic E-state index is -0.729. The van der Waals surface area contributed by atoms with Gasteiger partial charge in [-0.15, -0.1) is 0 Å². The molecule has 0 aliphatic carbocycles. The Morgan fingerprint density at radius 1 is 1.08 bits per heavy atom. The number of benzene rings is 2. The van der Waals surface area contributed by atoms with Crippen molar-refractivity contribution in [2.45, 2.75) is 19.9 Å². The van der Waals surface area contributed by atoms with Crippen molar-refractivity contribution in [3.05, 3.63) is 64.7 Å². The van der Waals surface area contributed by atoms with Gasteiger partial charge in [-0.2, -0.15) is 0 Å². The number of carbonyl (C=O) groups is 2. The Hall–Kier alpha value is -2.96. The van der Waals surface area contributed by atoms with Crippen LogP contribution in [0, 0.1) is 18.6 Å². The lowest BCUT2D eigenvalue weighted by Gasteiger charge is -2.17. The molecule has 7 heteroatoms. The van der Waals surface area contributed by atoms with E-state index in [1.807, 2.05) is 0 Å². The third-order valence-corrected chi connectivity index (χ3v) is 3.92. The molecule has 0 bridgehead atoms. The van der Waals surface area contributed by atoms with Crippen LogP contribution in [0.3, 0.4) is 0 Å². The quantitative estimate of drug-likeness (QED) is 0.869. The lowest BCUT2D eigenvalue weighted by molar-refractivity contribution is 0.0827. The van der Waals surface area contributed by atoms with Crippen molar-refractivity contribution in [3.63, 3.8) is 0 Å². The number of amides is 3. The van der Waals surface area contributed by atoms with E-state index in [1.54, 1.807) is 46.1 Å². The van der Waals surface area contributed by atoms with Crippen molar-refractivity contribution in [1.29, 1.82) is 0 Å². The first-order chi connectivity index (χ1) is 12.2. The lowest BCUT2D eigenvalue weighted by Crippen LogP contribution is -2.32. The molecule has 138 valence electrons. The maximum Gasteiger partial charge on any atom is 0.319 e. The summed E-state index contributed by atoms with van der Waals surface area (Å²) in [4.78, 5) is 25.7. The molecule has 2 rings (SSSR count). The Labute approximate surface area is 151 Å². The van der Waals surface area contributed by atoms with E-state index in [1.165, 1.54) is 11.0 Å². The van der Waals surface area contributed by atoms with Crippen LogP contribution >= 0.6 is 0 Å². The summed E-state index contributed by atoms with van der Waals surface area (Å²) in [7, 11) is 3.28. The Morgan fingerprint density at radius 3 is 2.38 bits per heavy atom. The first kappa shape index (κ1) is 19.4. The second-order valence-electron chi connectivity index (χ2n) is 6.22. The second-order valence-corrected chi connectivity index (χ2v) is 6.22. The van der Waals surface area contributed by atoms with Gasteiger partial charge in [-0.1, -0.05) is 12.1 Å². The number of nitrogens with one attached hydrogen (secondary N) is 2. The van der Waals surface area contributed by atoms with Gasteiger partial charge in [0.15, 0.2) is 0 Å². The van der Waals surface area contributed by atoms with E-state index >= 15 is 0 Å². The first-order valence-corrected chi connectivity index (χ1v) is 8.04. The van der Waals surface area contributed by atoms with Gasteiger partial charge in [-0.25, -0.2) is 13.6 Å². The zero-order valence-corrected chi connectivity index (χ0v) is 15.1. The number of halogens is 2. The SMILES string of the molecule is Cc1ccc(C(=O)N(C)C)cc1NC(=O)NC(C)c1ccc(F)cc1F. The van der Waals surface area contributed by atoms with Crippen LogP contribution in [0.1, 0.15) is 34.5 Å². The van der Waals surface area contributed by atoms with Crippen molar-refractivity contribution < 1.29 is 18.4 Å². The van der Waals surface area contributed by atoms with Crippen LogP contribution in [0.15, 0.2) is 36.4 Å². The number of nitrogens with zero attached hydrogens (tertiary/aromatic N) is 1. The van der Waals surface area contributed by atoms with Crippen LogP contribution in [0.4, 0.5) is 19.3 Å². The van der Waals surface area contributed by atoms with Crippen molar-refractivity contribution >= 4 is 17.6 Å². The molecule has 3 amide bonds. The van der Waals surface area contributed by atoms with Gasteiger partial charge in [0.2, 0.25) is 0 Å². The van der Waals surface area contributed by atoms with Crippen LogP contribution in [0.25, 0.3) is 0 Å². The summed E-state index contributed by atoms with van der Waals surface area (Å²) in [6.45, 7) is 3.39. The highest BCUT2D eigenvalue weighted by molar-refractivity contribution is 5.97. The molecule has 2 N–H and O–H groups in total. The minimum Gasteiger partial charge on any atom is -0.345 e. The molecule has 0 spiro atoms. The van der Waals surface area contributed by atoms with Crippen LogP contribution in [-0.2, 0) is 0 Å². The Balaban J connectivity index is 2.12. The number of urea groups is 1. The van der Waals surface area contributed by atoms with Gasteiger partial charge in [0, 0.05) is 37.0 Å². The van der Waals surface area contributed by atoms with Gasteiger partial charge < -0.3 is 15.5 Å². The van der Waals surface area contributed by atoms with Crippen molar-refractivity contribution in [2.75, 3.05) is 19.4 Å². The van der Waals surface area contributed by atoms with E-state index in [0.717, 1.165) is 17.7 Å². The molecular formula is C19H21F2N3O2. The predicted molar refractivity (Wildman–Crippen MR) is 96.1 cm³/mol. The molecule has 0 fully saturated rings. The van der Waals surface area contributed by atoms with E-state index in [0.29, 0.717) is 11.3 Å². The molecule has 1 unspecified atom stereocenters. The molecule has 0 saturated carbocycles. The maximum absolute atomic E-state index is 13.8. The average Bonchev–Trinajstić information content (AvgIpc) is 2.55. The van der Waals surface area contributed by atoms with Gasteiger partial charge in [-0.05, 0) is 37.6 Å². The van der Waals surface area contributed by atoms with Crippen LogP contribution in [-0.4, -0.2) is 30.9 Å². The molecule has 0 aromatic heterocycles. The highest BCUT2D eigenvalue weighted by atomic mass is 19.1. The van der Waals surface area contributed by atoms with Crippen molar-refractivity contribution in [2.24, 2.45) is 0 Å². The fraction of sp³-hybridized carbons (Fsp3) is 0.263. The summed E-state index contributed by atoms with van der Waals surface area (Å²) in [6.07, 6.45) is 0. The molecule has 5 nitrogen and oxygen atoms in total. The fourth-order valence-electron chi connectivity index (χ4n) is 2.43. The van der Waals surface area contributed by atoms with Crippen LogP contribution < -0.4 is 10.6 Å². The smallest absolute Gasteiger partial charge is 0.319 e. The zero-order chi connectivity index (χ0) is 19.4. The summed E-state index contributed by atoms with van der Waals surface area (Å²) in [6, 6.07) is 6.96. The highest BCUT2D eigenvalue weighted by Gasteiger charge is 2.16. The third-order valence-electron chi connectivity index (χ3n) is 3.92. The molecule has 2 aromatic rings. The summed E-state index contributed by atoms with van der Waals surface area (Å²) in [5.74, 6) is -1.59. The van der Waals surface area contributed by atoms with Crippen LogP contribution in [0.5, 0.6) is 0 Å². The monoisotopic (exact) mass is 361 g/mol. The predicted octanol–water partition coefficient (Wildman–Crippen LogP) is 3.86. The molecule has 1 atom stereocenters. The van der Waals surface area contributed by atoms with Gasteiger partial charge in [0.05, 0.1) is 6.04 Å². The van der Waals surface area contributed by atoms with Gasteiger partial charge in [0.25, 0.3) is 5.91 Å². The minimum absolute atomic E-state index is 0.176. The van der Waals surface area contributed by atoms with Crippen molar-refractivity contribution in [3.8, 4) is 0 Å². The topological polar surface area (TPSA) is 61.4 Å². The summed E-state index contributed by atoms with van der Waals surface area (Å²) in [5.41, 5.74) is 1.86. The lowest BCUT2D eigenvalue weighted by atomic mass is 10.1. The molecule has 0 saturated heterocycles. The van der Waals surface area contributed by atoms with E-state index in [2.05, 4.69) is 10.6 Å². The Kier molecular flexibility index (Phi) is 5.92. The number of aryl methyl sites for hydroxylation is 1. The molecule has 26 heavy (non-hydrogen) atoms. The Morgan fingerprint density at radius 2 is 1.77 bits per heavy atom. The third kappa shape index (κ3) is 4.56. The van der Waals surface area contributed by atoms with E-state index < -0.39 is 23.7 Å². The van der Waals surface area contributed by atoms with Gasteiger partial charge >= 0.3 is 6.03 Å². The highest BCUT2D eigenvalue weighted by Crippen LogP contribution is 2.20. The van der Waals surface area contributed by atoms with Crippen LogP contribution in [0.2, 0.25) is 0 Å². The largest absolute Gasteiger partial charge is 0.345 e. The average molecular weight is 361 g/mol. The van der Waals surface area contributed by atoms with Gasteiger partial charge in [-0.3, -0.25) is 4.79 Å². The summed E-state index contributed by atoms with van der Waals surface area (Å²) < 4.78 is 26.8. The molecule has 0 aliphatic rings. The molecular weight excluding hydrogens is 340 g/mol. The number of hydrogen-bond donors (Lipinski definition) is 2. The van der Waals surface area contributed by atoms with Gasteiger partial charge in [0.1, 0.15) is 11.6 Å². The standard InChI is InChI=1S/C19H21F2N3O2/c1-11-5-6-13(18(25)24(3)4)9-17(11)23-19(26)22-12(2)15-8-7-14(20)10-16(15)21/h5-10,12H,1-4H3,(H2,22,23,26). The van der Waals surface area contributed by atoms with E-state index in [-0.39, 0.29) is 11.5 Å². The number of anilines is 1. The summed E-state index contributed by atoms with van der Waals surface area (Å²) >= 11 is 0. The first-order valence-electron chi connectivity index (χ1n) is 8.04. The Bertz CT molecular complexity index is 838. The normalized spacial score (nSPS) is 11.6. The van der Waals surface area contributed by atoms with E-state index in [4.69, 9.17) is 0 Å². The van der Waals surface area contributed by atoms with E-state index in [9.17, 15) is 18.4 Å². The second kappa shape index (κ2) is 7.95. The number of carbonyl (C=O) groups excluding carboxylic acids is 2. The van der Waals surface area contributed by atoms with Crippen molar-refractivity contribution in [1.82, 2.24) is 10.2 Å². The fourth-order valence-corrected chi connectivity index (χ4v) is 2.43. The number of rotatable bonds is 4. The maximum atomic E-state index is 13.8. The number of hydrogen-bond acceptors (Lipinski definition) is 2. The molecule has 0 aliphatic heterocycles. The molecule has 2 aromatic carbocycles. The zero-order valence-electron chi connectivity index (χ0n) is 15.1. The summed E-state index contributed by atoms with van der Waals surface area (Å²) in [5, 5.41) is 5.25.